The highest BCUT2D eigenvalue weighted by molar-refractivity contribution is 5.92. The number of anilines is 1. The minimum absolute atomic E-state index is 0.0563. The lowest BCUT2D eigenvalue weighted by atomic mass is 9.74. The molecule has 2 aliphatic rings. The maximum Gasteiger partial charge on any atom is 0.337 e. The highest BCUT2D eigenvalue weighted by Gasteiger charge is 2.33. The zero-order valence-corrected chi connectivity index (χ0v) is 24.6. The number of methoxy groups -OCH3 is 1. The molecule has 1 aliphatic heterocycles. The maximum absolute atomic E-state index is 13.5. The molecule has 7 nitrogen and oxygen atoms in total. The topological polar surface area (TPSA) is 79.0 Å². The summed E-state index contributed by atoms with van der Waals surface area (Å²) in [7, 11) is 1.36. The smallest absolute Gasteiger partial charge is 0.337 e. The first kappa shape index (κ1) is 29.4. The highest BCUT2D eigenvalue weighted by Crippen LogP contribution is 2.38. The highest BCUT2D eigenvalue weighted by atomic mass is 16.5. The van der Waals surface area contributed by atoms with Crippen LogP contribution in [0.3, 0.4) is 0 Å². The van der Waals surface area contributed by atoms with E-state index in [1.165, 1.54) is 12.7 Å². The summed E-state index contributed by atoms with van der Waals surface area (Å²) in [6.45, 7) is 4.09. The molecule has 5 rings (SSSR count). The van der Waals surface area contributed by atoms with Gasteiger partial charge in [0.05, 0.1) is 25.3 Å². The van der Waals surface area contributed by atoms with Gasteiger partial charge in [0.2, 0.25) is 5.91 Å². The average Bonchev–Trinajstić information content (AvgIpc) is 3.59. The second-order valence-corrected chi connectivity index (χ2v) is 11.5. The van der Waals surface area contributed by atoms with E-state index in [1.807, 2.05) is 59.2 Å². The van der Waals surface area contributed by atoms with E-state index >= 15 is 0 Å². The number of urea groups is 1. The summed E-state index contributed by atoms with van der Waals surface area (Å²) in [5, 5.41) is 3.22. The lowest BCUT2D eigenvalue weighted by Gasteiger charge is -2.32. The summed E-state index contributed by atoms with van der Waals surface area (Å²) >= 11 is 0. The second kappa shape index (κ2) is 13.7. The Labute approximate surface area is 248 Å². The normalized spacial score (nSPS) is 19.1. The molecule has 0 spiro atoms. The fourth-order valence-electron chi connectivity index (χ4n) is 6.28. The molecule has 0 bridgehead atoms. The number of hydrogen-bond donors (Lipinski definition) is 1. The number of carbonyl (C=O) groups is 3. The Morgan fingerprint density at radius 1 is 0.881 bits per heavy atom. The van der Waals surface area contributed by atoms with Gasteiger partial charge in [-0.05, 0) is 79.5 Å². The molecular weight excluding hydrogens is 526 g/mol. The van der Waals surface area contributed by atoms with Gasteiger partial charge in [-0.1, -0.05) is 67.4 Å². The van der Waals surface area contributed by atoms with E-state index < -0.39 is 0 Å². The summed E-state index contributed by atoms with van der Waals surface area (Å²) in [5.74, 6) is -0.253. The van der Waals surface area contributed by atoms with Crippen molar-refractivity contribution in [3.05, 3.63) is 101 Å². The van der Waals surface area contributed by atoms with Crippen molar-refractivity contribution in [2.75, 3.05) is 25.1 Å². The Morgan fingerprint density at radius 2 is 1.55 bits per heavy atom. The van der Waals surface area contributed by atoms with Crippen molar-refractivity contribution in [3.63, 3.8) is 0 Å². The third kappa shape index (κ3) is 6.84. The average molecular weight is 568 g/mol. The van der Waals surface area contributed by atoms with Crippen LogP contribution in [-0.4, -0.2) is 43.0 Å². The van der Waals surface area contributed by atoms with Crippen LogP contribution in [0.15, 0.2) is 78.9 Å². The summed E-state index contributed by atoms with van der Waals surface area (Å²) in [6, 6.07) is 25.4. The number of nitrogens with zero attached hydrogens (tertiary/aromatic N) is 2. The molecule has 3 amide bonds. The third-order valence-corrected chi connectivity index (χ3v) is 8.72. The van der Waals surface area contributed by atoms with Crippen molar-refractivity contribution in [3.8, 4) is 0 Å². The van der Waals surface area contributed by atoms with Crippen molar-refractivity contribution in [2.45, 2.75) is 64.0 Å². The number of amides is 3. The van der Waals surface area contributed by atoms with E-state index in [1.54, 1.807) is 12.1 Å². The lowest BCUT2D eigenvalue weighted by Crippen LogP contribution is -2.41. The van der Waals surface area contributed by atoms with E-state index in [0.29, 0.717) is 12.1 Å². The van der Waals surface area contributed by atoms with Gasteiger partial charge in [0.1, 0.15) is 0 Å². The number of likely N-dealkylation sites (tertiary alicyclic amines) is 1. The van der Waals surface area contributed by atoms with Crippen LogP contribution in [0.2, 0.25) is 0 Å². The molecule has 1 aliphatic carbocycles. The van der Waals surface area contributed by atoms with Crippen LogP contribution in [0.1, 0.15) is 84.5 Å². The first-order chi connectivity index (χ1) is 20.4. The van der Waals surface area contributed by atoms with E-state index in [2.05, 4.69) is 29.6 Å². The summed E-state index contributed by atoms with van der Waals surface area (Å²) < 4.78 is 4.78. The number of esters is 1. The molecule has 1 saturated heterocycles. The predicted octanol–water partition coefficient (Wildman–Crippen LogP) is 6.85. The summed E-state index contributed by atoms with van der Waals surface area (Å²) in [5.41, 5.74) is 4.57. The number of benzene rings is 3. The van der Waals surface area contributed by atoms with Crippen molar-refractivity contribution in [1.82, 2.24) is 10.2 Å². The van der Waals surface area contributed by atoms with E-state index in [9.17, 15) is 14.4 Å². The number of ether oxygens (including phenoxy) is 1. The molecule has 220 valence electrons. The summed E-state index contributed by atoms with van der Waals surface area (Å²) in [4.78, 5) is 42.5. The molecule has 2 fully saturated rings. The van der Waals surface area contributed by atoms with Crippen LogP contribution in [0.4, 0.5) is 10.5 Å². The minimum atomic E-state index is -0.375. The monoisotopic (exact) mass is 567 g/mol. The predicted molar refractivity (Wildman–Crippen MR) is 164 cm³/mol. The van der Waals surface area contributed by atoms with Gasteiger partial charge < -0.3 is 15.0 Å². The standard InChI is InChI=1S/C35H41N3O4/c1-25(27-18-20-29(21-19-27)34(40)42-2)36-33(39)32-13-7-6-12-31(32)28-16-14-26(15-17-28)24-38(30-10-4-3-5-11-30)35(41)37-22-8-9-23-37/h3-5,10-11,14-21,25,31-32H,6-9,12-13,22-24H2,1-2H3,(H,36,39)/t25?,31-,32+/m1/s1. The largest absolute Gasteiger partial charge is 0.465 e. The Morgan fingerprint density at radius 3 is 2.21 bits per heavy atom. The Balaban J connectivity index is 1.27. The molecule has 0 radical (unpaired) electrons. The SMILES string of the molecule is COC(=O)c1ccc(C(C)NC(=O)[C@H]2CCCC[C@@H]2c2ccc(CN(C(=O)N3CCCC3)c3ccccc3)cc2)cc1. The first-order valence-corrected chi connectivity index (χ1v) is 15.1. The molecular formula is C35H41N3O4. The second-order valence-electron chi connectivity index (χ2n) is 11.5. The van der Waals surface area contributed by atoms with Crippen LogP contribution in [0, 0.1) is 5.92 Å². The van der Waals surface area contributed by atoms with Crippen molar-refractivity contribution in [2.24, 2.45) is 5.92 Å². The van der Waals surface area contributed by atoms with E-state index in [0.717, 1.165) is 68.4 Å². The molecule has 3 aromatic rings. The molecule has 0 aromatic heterocycles. The van der Waals surface area contributed by atoms with Gasteiger partial charge in [0.15, 0.2) is 0 Å². The van der Waals surface area contributed by atoms with Crippen molar-refractivity contribution >= 4 is 23.6 Å². The van der Waals surface area contributed by atoms with Crippen LogP contribution in [0.25, 0.3) is 0 Å². The molecule has 42 heavy (non-hydrogen) atoms. The first-order valence-electron chi connectivity index (χ1n) is 15.1. The number of rotatable bonds is 8. The third-order valence-electron chi connectivity index (χ3n) is 8.72. The maximum atomic E-state index is 13.5. The Kier molecular flexibility index (Phi) is 9.57. The fourth-order valence-corrected chi connectivity index (χ4v) is 6.28. The minimum Gasteiger partial charge on any atom is -0.465 e. The van der Waals surface area contributed by atoms with Gasteiger partial charge in [-0.3, -0.25) is 9.69 Å². The van der Waals surface area contributed by atoms with E-state index in [4.69, 9.17) is 4.74 Å². The van der Waals surface area contributed by atoms with E-state index in [-0.39, 0.29) is 35.8 Å². The number of nitrogens with one attached hydrogen (secondary N) is 1. The van der Waals surface area contributed by atoms with Crippen molar-refractivity contribution in [1.29, 1.82) is 0 Å². The Hall–Kier alpha value is -4.13. The molecule has 1 saturated carbocycles. The molecule has 3 atom stereocenters. The molecule has 1 N–H and O–H groups in total. The molecule has 1 heterocycles. The Bertz CT molecular complexity index is 1350. The van der Waals surface area contributed by atoms with Gasteiger partial charge in [-0.15, -0.1) is 0 Å². The summed E-state index contributed by atoms with van der Waals surface area (Å²) in [6.07, 6.45) is 6.09. The van der Waals surface area contributed by atoms with Gasteiger partial charge >= 0.3 is 12.0 Å². The zero-order valence-electron chi connectivity index (χ0n) is 24.6. The van der Waals surface area contributed by atoms with Crippen molar-refractivity contribution < 1.29 is 19.1 Å². The van der Waals surface area contributed by atoms with Crippen LogP contribution < -0.4 is 10.2 Å². The molecule has 3 aromatic carbocycles. The fraction of sp³-hybridized carbons (Fsp3) is 0.400. The molecule has 7 heteroatoms. The zero-order chi connectivity index (χ0) is 29.5. The van der Waals surface area contributed by atoms with Crippen LogP contribution >= 0.6 is 0 Å². The van der Waals surface area contributed by atoms with Crippen LogP contribution in [-0.2, 0) is 16.1 Å². The lowest BCUT2D eigenvalue weighted by molar-refractivity contribution is -0.127. The quantitative estimate of drug-likeness (QED) is 0.302. The van der Waals surface area contributed by atoms with Gasteiger partial charge in [0, 0.05) is 24.7 Å². The number of carbonyl (C=O) groups excluding carboxylic acids is 3. The number of para-hydroxylation sites is 1. The molecule has 1 unspecified atom stereocenters. The van der Waals surface area contributed by atoms with Gasteiger partial charge in [-0.25, -0.2) is 9.59 Å². The van der Waals surface area contributed by atoms with Gasteiger partial charge in [0.25, 0.3) is 0 Å². The van der Waals surface area contributed by atoms with Crippen LogP contribution in [0.5, 0.6) is 0 Å². The van der Waals surface area contributed by atoms with Gasteiger partial charge in [-0.2, -0.15) is 0 Å². The number of hydrogen-bond acceptors (Lipinski definition) is 4.